The van der Waals surface area contributed by atoms with Gasteiger partial charge in [-0.3, -0.25) is 0 Å². The maximum Gasteiger partial charge on any atom is 0.0998 e. The number of nitrogens with two attached hydrogens (primary N) is 2. The normalized spacial score (nSPS) is 14.7. The van der Waals surface area contributed by atoms with Crippen molar-refractivity contribution in [2.75, 3.05) is 0 Å². The first-order chi connectivity index (χ1) is 19.5. The molecule has 1 aliphatic carbocycles. The van der Waals surface area contributed by atoms with Crippen LogP contribution in [0.4, 0.5) is 0 Å². The molecule has 1 unspecified atom stereocenters. The number of aryl methyl sites for hydroxylation is 2. The number of hydrogen-bond acceptors (Lipinski definition) is 3. The van der Waals surface area contributed by atoms with Crippen LogP contribution in [0.5, 0.6) is 0 Å². The minimum absolute atomic E-state index is 0.0994. The van der Waals surface area contributed by atoms with Gasteiger partial charge in [0.05, 0.1) is 11.6 Å². The van der Waals surface area contributed by atoms with Gasteiger partial charge in [0.2, 0.25) is 0 Å². The van der Waals surface area contributed by atoms with Crippen molar-refractivity contribution in [3.05, 3.63) is 155 Å². The SMILES string of the molecule is Cc1ccc(C#N)c2c(-c3ccccc3)ccc(C)c12.NC1=CC(c2ccccc2)=C(c2ccccc2)CC1N. The average Bonchev–Trinajstić information content (AvgIpc) is 3.00. The number of nitrogens with zero attached hydrogens (tertiary/aromatic N) is 1. The van der Waals surface area contributed by atoms with Gasteiger partial charge in [0, 0.05) is 17.1 Å². The molecule has 0 amide bonds. The predicted octanol–water partition coefficient (Wildman–Crippen LogP) is 8.17. The van der Waals surface area contributed by atoms with Crippen molar-refractivity contribution < 1.29 is 0 Å². The Kier molecular flexibility index (Phi) is 7.92. The number of rotatable bonds is 3. The molecule has 196 valence electrons. The molecule has 5 aromatic rings. The zero-order valence-corrected chi connectivity index (χ0v) is 22.9. The van der Waals surface area contributed by atoms with Crippen molar-refractivity contribution in [1.29, 1.82) is 5.26 Å². The molecule has 1 aliphatic rings. The van der Waals surface area contributed by atoms with Gasteiger partial charge < -0.3 is 11.5 Å². The fraction of sp³-hybridized carbons (Fsp3) is 0.108. The van der Waals surface area contributed by atoms with Crippen molar-refractivity contribution in [3.8, 4) is 17.2 Å². The van der Waals surface area contributed by atoms with Crippen LogP contribution in [0, 0.1) is 25.2 Å². The summed E-state index contributed by atoms with van der Waals surface area (Å²) in [6, 6.07) is 41.4. The summed E-state index contributed by atoms with van der Waals surface area (Å²) < 4.78 is 0. The second-order valence-electron chi connectivity index (χ2n) is 10.2. The highest BCUT2D eigenvalue weighted by Crippen LogP contribution is 2.36. The molecule has 0 radical (unpaired) electrons. The molecule has 40 heavy (non-hydrogen) atoms. The lowest BCUT2D eigenvalue weighted by molar-refractivity contribution is 0.777. The third-order valence-electron chi connectivity index (χ3n) is 7.48. The lowest BCUT2D eigenvalue weighted by Gasteiger charge is -2.24. The van der Waals surface area contributed by atoms with E-state index in [9.17, 15) is 5.26 Å². The van der Waals surface area contributed by atoms with Crippen molar-refractivity contribution in [2.45, 2.75) is 26.3 Å². The van der Waals surface area contributed by atoms with E-state index in [0.717, 1.165) is 34.2 Å². The Morgan fingerprint density at radius 1 is 0.650 bits per heavy atom. The van der Waals surface area contributed by atoms with Crippen LogP contribution in [-0.4, -0.2) is 6.04 Å². The van der Waals surface area contributed by atoms with E-state index >= 15 is 0 Å². The minimum Gasteiger partial charge on any atom is -0.401 e. The first kappa shape index (κ1) is 26.7. The molecule has 0 saturated heterocycles. The molecule has 3 heteroatoms. The predicted molar refractivity (Wildman–Crippen MR) is 168 cm³/mol. The third-order valence-corrected chi connectivity index (χ3v) is 7.48. The number of nitriles is 1. The van der Waals surface area contributed by atoms with Crippen LogP contribution in [0.2, 0.25) is 0 Å². The lowest BCUT2D eigenvalue weighted by atomic mass is 9.85. The smallest absolute Gasteiger partial charge is 0.0998 e. The summed E-state index contributed by atoms with van der Waals surface area (Å²) in [6.07, 6.45) is 2.79. The van der Waals surface area contributed by atoms with E-state index in [1.807, 2.05) is 60.7 Å². The van der Waals surface area contributed by atoms with Gasteiger partial charge in [-0.05, 0) is 82.3 Å². The van der Waals surface area contributed by atoms with E-state index in [1.54, 1.807) is 0 Å². The van der Waals surface area contributed by atoms with E-state index in [0.29, 0.717) is 0 Å². The Morgan fingerprint density at radius 2 is 1.18 bits per heavy atom. The lowest BCUT2D eigenvalue weighted by Crippen LogP contribution is -2.30. The van der Waals surface area contributed by atoms with Crippen LogP contribution in [-0.2, 0) is 0 Å². The first-order valence-electron chi connectivity index (χ1n) is 13.5. The van der Waals surface area contributed by atoms with Crippen molar-refractivity contribution in [1.82, 2.24) is 0 Å². The summed E-state index contributed by atoms with van der Waals surface area (Å²) in [5.41, 5.74) is 23.2. The summed E-state index contributed by atoms with van der Waals surface area (Å²) in [7, 11) is 0. The highest BCUT2D eigenvalue weighted by atomic mass is 14.7. The molecule has 3 nitrogen and oxygen atoms in total. The van der Waals surface area contributed by atoms with Crippen LogP contribution in [0.3, 0.4) is 0 Å². The quantitative estimate of drug-likeness (QED) is 0.252. The first-order valence-corrected chi connectivity index (χ1v) is 13.5. The van der Waals surface area contributed by atoms with Gasteiger partial charge in [-0.2, -0.15) is 5.26 Å². The molecule has 0 aromatic heterocycles. The van der Waals surface area contributed by atoms with Crippen LogP contribution >= 0.6 is 0 Å². The summed E-state index contributed by atoms with van der Waals surface area (Å²) in [5.74, 6) is 0. The Bertz CT molecular complexity index is 1730. The van der Waals surface area contributed by atoms with Crippen molar-refractivity contribution >= 4 is 21.9 Å². The number of benzene rings is 5. The number of allylic oxidation sites excluding steroid dienone is 2. The molecular formula is C37H33N3. The van der Waals surface area contributed by atoms with Gasteiger partial charge >= 0.3 is 0 Å². The molecule has 1 atom stereocenters. The molecule has 0 saturated carbocycles. The zero-order valence-electron chi connectivity index (χ0n) is 22.9. The maximum atomic E-state index is 9.44. The van der Waals surface area contributed by atoms with Gasteiger partial charge in [0.15, 0.2) is 0 Å². The van der Waals surface area contributed by atoms with E-state index < -0.39 is 0 Å². The topological polar surface area (TPSA) is 75.8 Å². The Labute approximate surface area is 236 Å². The van der Waals surface area contributed by atoms with E-state index in [4.69, 9.17) is 11.5 Å². The zero-order chi connectivity index (χ0) is 28.1. The highest BCUT2D eigenvalue weighted by molar-refractivity contribution is 6.03. The minimum atomic E-state index is -0.0994. The number of fused-ring (bicyclic) bond motifs is 1. The molecule has 5 aromatic carbocycles. The highest BCUT2D eigenvalue weighted by Gasteiger charge is 2.20. The second-order valence-corrected chi connectivity index (χ2v) is 10.2. The van der Waals surface area contributed by atoms with E-state index in [-0.39, 0.29) is 6.04 Å². The summed E-state index contributed by atoms with van der Waals surface area (Å²) in [5, 5.41) is 11.7. The van der Waals surface area contributed by atoms with Crippen molar-refractivity contribution in [2.24, 2.45) is 11.5 Å². The molecule has 6 rings (SSSR count). The van der Waals surface area contributed by atoms with Gasteiger partial charge in [0.25, 0.3) is 0 Å². The third kappa shape index (κ3) is 5.45. The fourth-order valence-corrected chi connectivity index (χ4v) is 5.42. The van der Waals surface area contributed by atoms with Gasteiger partial charge in [-0.15, -0.1) is 0 Å². The Balaban J connectivity index is 0.000000161. The maximum absolute atomic E-state index is 9.44. The molecule has 0 spiro atoms. The molecule has 4 N–H and O–H groups in total. The summed E-state index contributed by atoms with van der Waals surface area (Å²) in [4.78, 5) is 0. The average molecular weight is 520 g/mol. The monoisotopic (exact) mass is 519 g/mol. The Morgan fingerprint density at radius 3 is 1.75 bits per heavy atom. The largest absolute Gasteiger partial charge is 0.401 e. The standard InChI is InChI=1S/C19H15N.C18H18N2/c1-13-8-10-16(12-20)19-17(11-9-14(2)18(13)19)15-6-4-3-5-7-15;19-17-11-15(13-7-3-1-4-8-13)16(12-18(17)20)14-9-5-2-6-10-14/h3-11H,1-2H3;1-11,18H,12,19-20H2. The van der Waals surface area contributed by atoms with Gasteiger partial charge in [-0.1, -0.05) is 109 Å². The molecule has 0 fully saturated rings. The van der Waals surface area contributed by atoms with Gasteiger partial charge in [-0.25, -0.2) is 0 Å². The van der Waals surface area contributed by atoms with Gasteiger partial charge in [0.1, 0.15) is 0 Å². The van der Waals surface area contributed by atoms with Crippen LogP contribution < -0.4 is 11.5 Å². The van der Waals surface area contributed by atoms with Crippen LogP contribution in [0.1, 0.15) is 34.2 Å². The molecular weight excluding hydrogens is 486 g/mol. The van der Waals surface area contributed by atoms with E-state index in [1.165, 1.54) is 38.8 Å². The Hall–Kier alpha value is -4.91. The molecule has 0 aliphatic heterocycles. The fourth-order valence-electron chi connectivity index (χ4n) is 5.42. The van der Waals surface area contributed by atoms with E-state index in [2.05, 4.69) is 80.6 Å². The summed E-state index contributed by atoms with van der Waals surface area (Å²) >= 11 is 0. The number of hydrogen-bond donors (Lipinski definition) is 2. The molecule has 0 heterocycles. The molecule has 0 bridgehead atoms. The van der Waals surface area contributed by atoms with Crippen LogP contribution in [0.15, 0.2) is 127 Å². The second kappa shape index (κ2) is 11.9. The summed E-state index contributed by atoms with van der Waals surface area (Å²) in [6.45, 7) is 4.20. The van der Waals surface area contributed by atoms with Crippen LogP contribution in [0.25, 0.3) is 33.0 Å². The van der Waals surface area contributed by atoms with Crippen molar-refractivity contribution in [3.63, 3.8) is 0 Å².